The van der Waals surface area contributed by atoms with Crippen LogP contribution in [0.25, 0.3) is 0 Å². The average Bonchev–Trinajstić information content (AvgIpc) is 2.01. The molecule has 1 atom stereocenters. The van der Waals surface area contributed by atoms with Crippen molar-refractivity contribution in [1.82, 2.24) is 0 Å². The summed E-state index contributed by atoms with van der Waals surface area (Å²) in [6.07, 6.45) is 2.45. The van der Waals surface area contributed by atoms with E-state index in [0.29, 0.717) is 24.0 Å². The minimum absolute atomic E-state index is 0.139. The normalized spacial score (nSPS) is 21.3. The van der Waals surface area contributed by atoms with Gasteiger partial charge >= 0.3 is 0 Å². The quantitative estimate of drug-likeness (QED) is 0.674. The second kappa shape index (κ2) is 5.54. The van der Waals surface area contributed by atoms with E-state index in [1.165, 1.54) is 0 Å². The molecule has 2 nitrogen and oxygen atoms in total. The van der Waals surface area contributed by atoms with Gasteiger partial charge in [0.05, 0.1) is 6.42 Å². The maximum atomic E-state index is 11.2. The van der Waals surface area contributed by atoms with E-state index in [4.69, 9.17) is 0 Å². The molecule has 1 saturated carbocycles. The summed E-state index contributed by atoms with van der Waals surface area (Å²) >= 11 is 1.90. The van der Waals surface area contributed by atoms with Gasteiger partial charge in [-0.25, -0.2) is 0 Å². The van der Waals surface area contributed by atoms with Crippen LogP contribution < -0.4 is 0 Å². The topological polar surface area (TPSA) is 34.1 Å². The molecule has 1 rings (SSSR count). The molecule has 1 aliphatic rings. The van der Waals surface area contributed by atoms with Crippen LogP contribution in [0.4, 0.5) is 0 Å². The molecule has 0 aromatic carbocycles. The highest BCUT2D eigenvalue weighted by Crippen LogP contribution is 2.27. The van der Waals surface area contributed by atoms with Crippen molar-refractivity contribution in [3.05, 3.63) is 0 Å². The third-order valence-electron chi connectivity index (χ3n) is 2.54. The van der Waals surface area contributed by atoms with E-state index in [-0.39, 0.29) is 18.0 Å². The van der Waals surface area contributed by atoms with Gasteiger partial charge in [0.25, 0.3) is 0 Å². The second-order valence-corrected chi connectivity index (χ2v) is 5.75. The fourth-order valence-corrected chi connectivity index (χ4v) is 3.05. The van der Waals surface area contributed by atoms with E-state index in [0.717, 1.165) is 12.2 Å². The summed E-state index contributed by atoms with van der Waals surface area (Å²) in [5.41, 5.74) is 0. The molecule has 0 radical (unpaired) electrons. The Labute approximate surface area is 89.8 Å². The molecule has 3 heteroatoms. The number of carbonyl (C=O) groups excluding carboxylic acids is 2. The van der Waals surface area contributed by atoms with Crippen LogP contribution in [-0.2, 0) is 9.59 Å². The van der Waals surface area contributed by atoms with Crippen LogP contribution in [0.15, 0.2) is 0 Å². The molecule has 0 aromatic heterocycles. The molecule has 0 bridgehead atoms. The van der Waals surface area contributed by atoms with Crippen LogP contribution in [0.2, 0.25) is 0 Å². The van der Waals surface area contributed by atoms with Crippen LogP contribution in [-0.4, -0.2) is 22.6 Å². The van der Waals surface area contributed by atoms with Gasteiger partial charge in [-0.2, -0.15) is 11.8 Å². The number of hydrogen-bond acceptors (Lipinski definition) is 3. The lowest BCUT2D eigenvalue weighted by Crippen LogP contribution is -2.24. The number of ketones is 2. The Morgan fingerprint density at radius 1 is 1.36 bits per heavy atom. The zero-order valence-corrected chi connectivity index (χ0v) is 9.73. The molecule has 0 N–H and O–H groups in total. The van der Waals surface area contributed by atoms with Crippen LogP contribution in [0, 0.1) is 5.92 Å². The zero-order valence-electron chi connectivity index (χ0n) is 8.91. The molecule has 0 unspecified atom stereocenters. The van der Waals surface area contributed by atoms with Crippen molar-refractivity contribution < 1.29 is 9.59 Å². The van der Waals surface area contributed by atoms with Gasteiger partial charge in [-0.3, -0.25) is 9.59 Å². The summed E-state index contributed by atoms with van der Waals surface area (Å²) in [4.78, 5) is 22.4. The lowest BCUT2D eigenvalue weighted by molar-refractivity contribution is -0.131. The molecule has 0 saturated heterocycles. The van der Waals surface area contributed by atoms with Crippen molar-refractivity contribution in [2.45, 2.75) is 44.8 Å². The van der Waals surface area contributed by atoms with Gasteiger partial charge < -0.3 is 0 Å². The highest BCUT2D eigenvalue weighted by atomic mass is 32.2. The number of hydrogen-bond donors (Lipinski definition) is 0. The first-order valence-corrected chi connectivity index (χ1v) is 6.31. The molecule has 0 amide bonds. The largest absolute Gasteiger partial charge is 0.299 e. The first-order chi connectivity index (χ1) is 6.61. The predicted octanol–water partition coefficient (Wildman–Crippen LogP) is 2.46. The summed E-state index contributed by atoms with van der Waals surface area (Å²) < 4.78 is 0. The Hall–Kier alpha value is -0.310. The smallest absolute Gasteiger partial charge is 0.140 e. The Bertz CT molecular complexity index is 209. The summed E-state index contributed by atoms with van der Waals surface area (Å²) in [5.74, 6) is 1.70. The number of thioether (sulfide) groups is 1. The van der Waals surface area contributed by atoms with Crippen molar-refractivity contribution in [2.75, 3.05) is 5.75 Å². The fraction of sp³-hybridized carbons (Fsp3) is 0.818. The maximum Gasteiger partial charge on any atom is 0.140 e. The van der Waals surface area contributed by atoms with Crippen LogP contribution >= 0.6 is 11.8 Å². The van der Waals surface area contributed by atoms with E-state index in [2.05, 4.69) is 13.8 Å². The Morgan fingerprint density at radius 2 is 1.93 bits per heavy atom. The third kappa shape index (κ3) is 3.82. The summed E-state index contributed by atoms with van der Waals surface area (Å²) in [7, 11) is 0. The van der Waals surface area contributed by atoms with Gasteiger partial charge in [-0.1, -0.05) is 13.8 Å². The second-order valence-electron chi connectivity index (χ2n) is 4.03. The maximum absolute atomic E-state index is 11.2. The lowest BCUT2D eigenvalue weighted by Gasteiger charge is -2.22. The Kier molecular flexibility index (Phi) is 4.66. The summed E-state index contributed by atoms with van der Waals surface area (Å²) in [6, 6.07) is 0. The van der Waals surface area contributed by atoms with Gasteiger partial charge in [0.1, 0.15) is 11.6 Å². The van der Waals surface area contributed by atoms with E-state index in [1.807, 2.05) is 11.8 Å². The molecule has 0 spiro atoms. The molecule has 1 aliphatic carbocycles. The van der Waals surface area contributed by atoms with E-state index >= 15 is 0 Å². The molecule has 1 fully saturated rings. The van der Waals surface area contributed by atoms with Crippen molar-refractivity contribution in [3.63, 3.8) is 0 Å². The number of rotatable bonds is 4. The van der Waals surface area contributed by atoms with Crippen molar-refractivity contribution >= 4 is 23.3 Å². The standard InChI is InChI=1S/C11H18O2S/c1-3-14-8(2)4-9-5-10(12)7-11(13)6-9/h8-9H,3-7H2,1-2H3/t8-/m1/s1. The first-order valence-electron chi connectivity index (χ1n) is 5.26. The van der Waals surface area contributed by atoms with Gasteiger partial charge in [-0.15, -0.1) is 0 Å². The molecule has 0 aromatic rings. The SMILES string of the molecule is CCS[C@H](C)CC1CC(=O)CC(=O)C1. The average molecular weight is 214 g/mol. The summed E-state index contributed by atoms with van der Waals surface area (Å²) in [5, 5.41) is 0.573. The Morgan fingerprint density at radius 3 is 2.43 bits per heavy atom. The minimum Gasteiger partial charge on any atom is -0.299 e. The molecule has 80 valence electrons. The number of Topliss-reactive ketones (excluding diaryl/α,β-unsaturated/α-hetero) is 2. The van der Waals surface area contributed by atoms with Crippen molar-refractivity contribution in [1.29, 1.82) is 0 Å². The fourth-order valence-electron chi connectivity index (χ4n) is 2.07. The van der Waals surface area contributed by atoms with Gasteiger partial charge in [0.2, 0.25) is 0 Å². The van der Waals surface area contributed by atoms with Crippen LogP contribution in [0.1, 0.15) is 39.5 Å². The summed E-state index contributed by atoms with van der Waals surface area (Å²) in [6.45, 7) is 4.32. The van der Waals surface area contributed by atoms with Gasteiger partial charge in [0, 0.05) is 18.1 Å². The van der Waals surface area contributed by atoms with E-state index < -0.39 is 0 Å². The zero-order chi connectivity index (χ0) is 10.6. The van der Waals surface area contributed by atoms with Crippen LogP contribution in [0.3, 0.4) is 0 Å². The molecular formula is C11H18O2S. The van der Waals surface area contributed by atoms with Gasteiger partial charge in [0.15, 0.2) is 0 Å². The Balaban J connectivity index is 2.36. The highest BCUT2D eigenvalue weighted by Gasteiger charge is 2.26. The van der Waals surface area contributed by atoms with E-state index in [9.17, 15) is 9.59 Å². The lowest BCUT2D eigenvalue weighted by atomic mass is 9.84. The molecule has 0 aliphatic heterocycles. The molecular weight excluding hydrogens is 196 g/mol. The highest BCUT2D eigenvalue weighted by molar-refractivity contribution is 7.99. The van der Waals surface area contributed by atoms with Crippen molar-refractivity contribution in [2.24, 2.45) is 5.92 Å². The predicted molar refractivity (Wildman–Crippen MR) is 59.6 cm³/mol. The van der Waals surface area contributed by atoms with E-state index in [1.54, 1.807) is 0 Å². The van der Waals surface area contributed by atoms with Crippen molar-refractivity contribution in [3.8, 4) is 0 Å². The first kappa shape index (κ1) is 11.8. The molecule has 14 heavy (non-hydrogen) atoms. The van der Waals surface area contributed by atoms with Gasteiger partial charge in [-0.05, 0) is 18.1 Å². The monoisotopic (exact) mass is 214 g/mol. The molecule has 0 heterocycles. The third-order valence-corrected chi connectivity index (χ3v) is 3.64. The minimum atomic E-state index is 0.139. The van der Waals surface area contributed by atoms with Crippen LogP contribution in [0.5, 0.6) is 0 Å². The number of carbonyl (C=O) groups is 2.